The predicted molar refractivity (Wildman–Crippen MR) is 96.8 cm³/mol. The molecule has 25 heavy (non-hydrogen) atoms. The topological polar surface area (TPSA) is 67.2 Å². The van der Waals surface area contributed by atoms with Gasteiger partial charge in [-0.25, -0.2) is 4.68 Å². The SMILES string of the molecule is O=C(NCC(CCO)c1ccccc1)c1ccccc1-n1cccn1. The smallest absolute Gasteiger partial charge is 0.253 e. The maximum absolute atomic E-state index is 12.7. The molecule has 2 aromatic carbocycles. The number of aromatic nitrogens is 2. The molecule has 0 aliphatic rings. The quantitative estimate of drug-likeness (QED) is 0.698. The van der Waals surface area contributed by atoms with Crippen LogP contribution in [0.5, 0.6) is 0 Å². The number of para-hydroxylation sites is 1. The van der Waals surface area contributed by atoms with Gasteiger partial charge in [-0.3, -0.25) is 4.79 Å². The lowest BCUT2D eigenvalue weighted by Gasteiger charge is -2.18. The molecule has 0 fully saturated rings. The number of carbonyl (C=O) groups is 1. The van der Waals surface area contributed by atoms with Gasteiger partial charge in [0.05, 0.1) is 11.3 Å². The van der Waals surface area contributed by atoms with Crippen molar-refractivity contribution in [2.75, 3.05) is 13.2 Å². The number of nitrogens with zero attached hydrogens (tertiary/aromatic N) is 2. The van der Waals surface area contributed by atoms with Crippen molar-refractivity contribution in [3.63, 3.8) is 0 Å². The Bertz CT molecular complexity index is 801. The summed E-state index contributed by atoms with van der Waals surface area (Å²) in [4.78, 5) is 12.7. The molecule has 0 aliphatic heterocycles. The highest BCUT2D eigenvalue weighted by molar-refractivity contribution is 5.97. The Balaban J connectivity index is 1.74. The van der Waals surface area contributed by atoms with Crippen molar-refractivity contribution in [3.05, 3.63) is 84.2 Å². The van der Waals surface area contributed by atoms with Crippen molar-refractivity contribution in [3.8, 4) is 5.69 Å². The lowest BCUT2D eigenvalue weighted by atomic mass is 9.96. The first-order valence-corrected chi connectivity index (χ1v) is 8.32. The molecule has 5 nitrogen and oxygen atoms in total. The fraction of sp³-hybridized carbons (Fsp3) is 0.200. The lowest BCUT2D eigenvalue weighted by Crippen LogP contribution is -2.29. The molecule has 0 spiro atoms. The number of hydrogen-bond acceptors (Lipinski definition) is 3. The summed E-state index contributed by atoms with van der Waals surface area (Å²) >= 11 is 0. The van der Waals surface area contributed by atoms with Gasteiger partial charge < -0.3 is 10.4 Å². The normalized spacial score (nSPS) is 11.9. The third-order valence-corrected chi connectivity index (χ3v) is 4.16. The van der Waals surface area contributed by atoms with Crippen LogP contribution in [-0.4, -0.2) is 33.9 Å². The number of nitrogens with one attached hydrogen (secondary N) is 1. The van der Waals surface area contributed by atoms with E-state index in [0.29, 0.717) is 18.5 Å². The molecule has 3 aromatic rings. The van der Waals surface area contributed by atoms with Crippen LogP contribution in [0.2, 0.25) is 0 Å². The summed E-state index contributed by atoms with van der Waals surface area (Å²) in [6.07, 6.45) is 4.09. The second-order valence-corrected chi connectivity index (χ2v) is 5.80. The van der Waals surface area contributed by atoms with Crippen LogP contribution in [-0.2, 0) is 0 Å². The zero-order valence-electron chi connectivity index (χ0n) is 13.9. The predicted octanol–water partition coefficient (Wildman–Crippen LogP) is 2.77. The van der Waals surface area contributed by atoms with Gasteiger partial charge in [0.15, 0.2) is 0 Å². The van der Waals surface area contributed by atoms with Gasteiger partial charge in [0.2, 0.25) is 0 Å². The van der Waals surface area contributed by atoms with Crippen LogP contribution in [0.3, 0.4) is 0 Å². The molecular formula is C20H21N3O2. The summed E-state index contributed by atoms with van der Waals surface area (Å²) in [7, 11) is 0. The van der Waals surface area contributed by atoms with E-state index >= 15 is 0 Å². The molecule has 1 heterocycles. The van der Waals surface area contributed by atoms with Crippen LogP contribution in [0.25, 0.3) is 5.69 Å². The fourth-order valence-electron chi connectivity index (χ4n) is 2.86. The van der Waals surface area contributed by atoms with E-state index in [1.54, 1.807) is 16.9 Å². The zero-order chi connectivity index (χ0) is 17.5. The maximum Gasteiger partial charge on any atom is 0.253 e. The van der Waals surface area contributed by atoms with Gasteiger partial charge in [0.1, 0.15) is 0 Å². The van der Waals surface area contributed by atoms with Crippen LogP contribution >= 0.6 is 0 Å². The lowest BCUT2D eigenvalue weighted by molar-refractivity contribution is 0.0949. The number of hydrogen-bond donors (Lipinski definition) is 2. The second-order valence-electron chi connectivity index (χ2n) is 5.80. The van der Waals surface area contributed by atoms with Crippen LogP contribution in [0.1, 0.15) is 28.3 Å². The Morgan fingerprint density at radius 2 is 1.84 bits per heavy atom. The van der Waals surface area contributed by atoms with E-state index in [1.165, 1.54) is 0 Å². The van der Waals surface area contributed by atoms with Crippen LogP contribution < -0.4 is 5.32 Å². The number of carbonyl (C=O) groups excluding carboxylic acids is 1. The average Bonchev–Trinajstić information content (AvgIpc) is 3.20. The monoisotopic (exact) mass is 335 g/mol. The van der Waals surface area contributed by atoms with Crippen molar-refractivity contribution in [1.29, 1.82) is 0 Å². The van der Waals surface area contributed by atoms with Crippen molar-refractivity contribution < 1.29 is 9.90 Å². The number of amides is 1. The molecule has 1 atom stereocenters. The molecule has 128 valence electrons. The van der Waals surface area contributed by atoms with Crippen LogP contribution in [0.4, 0.5) is 0 Å². The maximum atomic E-state index is 12.7. The van der Waals surface area contributed by atoms with Gasteiger partial charge in [-0.15, -0.1) is 0 Å². The third kappa shape index (κ3) is 4.14. The number of aliphatic hydroxyl groups excluding tert-OH is 1. The van der Waals surface area contributed by atoms with Crippen molar-refractivity contribution >= 4 is 5.91 Å². The van der Waals surface area contributed by atoms with E-state index in [9.17, 15) is 9.90 Å². The van der Waals surface area contributed by atoms with Crippen molar-refractivity contribution in [2.45, 2.75) is 12.3 Å². The summed E-state index contributed by atoms with van der Waals surface area (Å²) in [6, 6.07) is 19.1. The molecule has 0 bridgehead atoms. The van der Waals surface area contributed by atoms with E-state index in [4.69, 9.17) is 0 Å². The van der Waals surface area contributed by atoms with Crippen molar-refractivity contribution in [2.24, 2.45) is 0 Å². The minimum atomic E-state index is -0.148. The highest BCUT2D eigenvalue weighted by Crippen LogP contribution is 2.19. The first kappa shape index (κ1) is 16.9. The van der Waals surface area contributed by atoms with E-state index in [0.717, 1.165) is 11.3 Å². The molecule has 0 aliphatic carbocycles. The van der Waals surface area contributed by atoms with E-state index in [2.05, 4.69) is 10.4 Å². The molecule has 0 saturated carbocycles. The minimum absolute atomic E-state index is 0.0759. The first-order valence-electron chi connectivity index (χ1n) is 8.32. The van der Waals surface area contributed by atoms with Gasteiger partial charge >= 0.3 is 0 Å². The van der Waals surface area contributed by atoms with Crippen LogP contribution in [0, 0.1) is 0 Å². The molecule has 3 rings (SSSR count). The van der Waals surface area contributed by atoms with Gasteiger partial charge in [-0.2, -0.15) is 5.10 Å². The first-order chi connectivity index (χ1) is 12.3. The van der Waals surface area contributed by atoms with E-state index < -0.39 is 0 Å². The van der Waals surface area contributed by atoms with Gasteiger partial charge in [-0.05, 0) is 30.2 Å². The Labute approximate surface area is 146 Å². The molecular weight excluding hydrogens is 314 g/mol. The van der Waals surface area contributed by atoms with E-state index in [1.807, 2.05) is 60.8 Å². The standard InChI is InChI=1S/C20H21N3O2/c24-14-11-17(16-7-2-1-3-8-16)15-21-20(25)18-9-4-5-10-19(18)23-13-6-12-22-23/h1-10,12-13,17,24H,11,14-15H2,(H,21,25). The highest BCUT2D eigenvalue weighted by Gasteiger charge is 2.16. The molecule has 0 saturated heterocycles. The van der Waals surface area contributed by atoms with Gasteiger partial charge in [0, 0.05) is 31.5 Å². The van der Waals surface area contributed by atoms with Crippen LogP contribution in [0.15, 0.2) is 73.1 Å². The van der Waals surface area contributed by atoms with Crippen molar-refractivity contribution in [1.82, 2.24) is 15.1 Å². The van der Waals surface area contributed by atoms with Gasteiger partial charge in [0.25, 0.3) is 5.91 Å². The fourth-order valence-corrected chi connectivity index (χ4v) is 2.86. The molecule has 5 heteroatoms. The van der Waals surface area contributed by atoms with E-state index in [-0.39, 0.29) is 18.4 Å². The molecule has 2 N–H and O–H groups in total. The molecule has 1 unspecified atom stereocenters. The van der Waals surface area contributed by atoms with Gasteiger partial charge in [-0.1, -0.05) is 42.5 Å². The molecule has 0 radical (unpaired) electrons. The Morgan fingerprint density at radius 1 is 1.08 bits per heavy atom. The Morgan fingerprint density at radius 3 is 2.56 bits per heavy atom. The summed E-state index contributed by atoms with van der Waals surface area (Å²) in [5.41, 5.74) is 2.42. The molecule has 1 aromatic heterocycles. The minimum Gasteiger partial charge on any atom is -0.396 e. The Kier molecular flexibility index (Phi) is 5.59. The summed E-state index contributed by atoms with van der Waals surface area (Å²) in [5, 5.41) is 16.5. The third-order valence-electron chi connectivity index (χ3n) is 4.16. The summed E-state index contributed by atoms with van der Waals surface area (Å²) < 4.78 is 1.68. The average molecular weight is 335 g/mol. The second kappa shape index (κ2) is 8.26. The summed E-state index contributed by atoms with van der Waals surface area (Å²) in [5.74, 6) is -0.0722. The number of rotatable bonds is 7. The Hall–Kier alpha value is -2.92. The summed E-state index contributed by atoms with van der Waals surface area (Å²) in [6.45, 7) is 0.552. The zero-order valence-corrected chi connectivity index (χ0v) is 13.9. The number of benzene rings is 2. The largest absolute Gasteiger partial charge is 0.396 e. The molecule has 1 amide bonds. The number of aliphatic hydroxyl groups is 1. The highest BCUT2D eigenvalue weighted by atomic mass is 16.3.